The number of nitrogens with zero attached hydrogens (tertiary/aromatic N) is 2. The largest absolute Gasteiger partial charge is 0.310 e. The molecule has 2 aliphatic rings. The van der Waals surface area contributed by atoms with E-state index in [1.54, 1.807) is 0 Å². The number of fused-ring (bicyclic) bond motifs is 7. The first-order valence-corrected chi connectivity index (χ1v) is 23.5. The fourth-order valence-electron chi connectivity index (χ4n) is 11.6. The minimum Gasteiger partial charge on any atom is -0.310 e. The monoisotopic (exact) mass is 850 g/mol. The zero-order valence-corrected chi connectivity index (χ0v) is 38.9. The van der Waals surface area contributed by atoms with Gasteiger partial charge in [0.15, 0.2) is 0 Å². The van der Waals surface area contributed by atoms with Crippen molar-refractivity contribution in [2.45, 2.75) is 64.7 Å². The van der Waals surface area contributed by atoms with Crippen molar-refractivity contribution in [1.29, 1.82) is 0 Å². The number of para-hydroxylation sites is 4. The van der Waals surface area contributed by atoms with Crippen molar-refractivity contribution in [3.05, 3.63) is 228 Å². The van der Waals surface area contributed by atoms with Crippen LogP contribution in [-0.2, 0) is 16.2 Å². The van der Waals surface area contributed by atoms with Crippen molar-refractivity contribution in [3.63, 3.8) is 0 Å². The van der Waals surface area contributed by atoms with Crippen LogP contribution in [0.25, 0.3) is 54.6 Å². The summed E-state index contributed by atoms with van der Waals surface area (Å²) in [6.07, 6.45) is 0. The molecule has 2 nitrogen and oxygen atoms in total. The SMILES string of the molecule is CC(C)(C)c1ccc(-c2c3cc(N4c5ccccc5C(C)(C)c5ccccc54)ccc3c(-c3cccc4ccccc34)c3cc(N4c5ccccc5C(C)(C)c5ccccc54)ccc23)cc1. The Morgan fingerprint density at radius 3 is 1.24 bits per heavy atom. The molecule has 0 radical (unpaired) electrons. The fourth-order valence-corrected chi connectivity index (χ4v) is 11.6. The highest BCUT2D eigenvalue weighted by Crippen LogP contribution is 2.56. The maximum absolute atomic E-state index is 2.50. The van der Waals surface area contributed by atoms with E-state index in [1.807, 2.05) is 0 Å². The van der Waals surface area contributed by atoms with Crippen molar-refractivity contribution in [2.75, 3.05) is 9.80 Å². The van der Waals surface area contributed by atoms with E-state index in [9.17, 15) is 0 Å². The molecule has 320 valence electrons. The van der Waals surface area contributed by atoms with Gasteiger partial charge in [-0.2, -0.15) is 0 Å². The second kappa shape index (κ2) is 14.5. The predicted molar refractivity (Wildman–Crippen MR) is 282 cm³/mol. The molecule has 0 saturated carbocycles. The zero-order valence-electron chi connectivity index (χ0n) is 38.9. The van der Waals surface area contributed by atoms with E-state index < -0.39 is 0 Å². The lowest BCUT2D eigenvalue weighted by atomic mass is 9.73. The van der Waals surface area contributed by atoms with E-state index in [1.165, 1.54) is 105 Å². The topological polar surface area (TPSA) is 6.48 Å². The van der Waals surface area contributed by atoms with Gasteiger partial charge in [0, 0.05) is 22.2 Å². The Bertz CT molecular complexity index is 3480. The summed E-state index contributed by atoms with van der Waals surface area (Å²) in [4.78, 5) is 5.00. The molecule has 10 aromatic carbocycles. The molecule has 0 fully saturated rings. The molecule has 2 heterocycles. The summed E-state index contributed by atoms with van der Waals surface area (Å²) in [5, 5.41) is 7.40. The number of hydrogen-bond acceptors (Lipinski definition) is 2. The third-order valence-electron chi connectivity index (χ3n) is 15.0. The van der Waals surface area contributed by atoms with Gasteiger partial charge in [0.1, 0.15) is 0 Å². The smallest absolute Gasteiger partial charge is 0.0502 e. The van der Waals surface area contributed by atoms with Gasteiger partial charge in [0.25, 0.3) is 0 Å². The highest BCUT2D eigenvalue weighted by molar-refractivity contribution is 6.24. The highest BCUT2D eigenvalue weighted by atomic mass is 15.2. The Kier molecular flexibility index (Phi) is 8.84. The van der Waals surface area contributed by atoms with Crippen molar-refractivity contribution < 1.29 is 0 Å². The second-order valence-electron chi connectivity index (χ2n) is 20.6. The zero-order chi connectivity index (χ0) is 45.1. The molecular weight excluding hydrogens is 797 g/mol. The van der Waals surface area contributed by atoms with Gasteiger partial charge in [-0.1, -0.05) is 200 Å². The fraction of sp³-hybridized carbons (Fsp3) is 0.156. The van der Waals surface area contributed by atoms with Gasteiger partial charge in [-0.15, -0.1) is 0 Å². The van der Waals surface area contributed by atoms with Crippen molar-refractivity contribution in [3.8, 4) is 22.3 Å². The minimum atomic E-state index is -0.153. The summed E-state index contributed by atoms with van der Waals surface area (Å²) >= 11 is 0. The van der Waals surface area contributed by atoms with E-state index in [2.05, 4.69) is 258 Å². The van der Waals surface area contributed by atoms with E-state index in [0.29, 0.717) is 0 Å². The molecule has 0 atom stereocenters. The maximum atomic E-state index is 2.50. The first-order valence-electron chi connectivity index (χ1n) is 23.5. The molecule has 2 heteroatoms. The lowest BCUT2D eigenvalue weighted by molar-refractivity contribution is 0.590. The van der Waals surface area contributed by atoms with E-state index in [0.717, 1.165) is 11.4 Å². The average Bonchev–Trinajstić information content (AvgIpc) is 3.33. The lowest BCUT2D eigenvalue weighted by Gasteiger charge is -2.42. The first kappa shape index (κ1) is 40.1. The number of rotatable bonds is 4. The Morgan fingerprint density at radius 2 is 0.758 bits per heavy atom. The molecule has 0 aromatic heterocycles. The minimum absolute atomic E-state index is 0.0291. The van der Waals surface area contributed by atoms with Gasteiger partial charge in [-0.3, -0.25) is 0 Å². The molecule has 0 bridgehead atoms. The molecule has 0 aliphatic carbocycles. The van der Waals surface area contributed by atoms with Crippen molar-refractivity contribution in [1.82, 2.24) is 0 Å². The molecule has 0 unspecified atom stereocenters. The first-order chi connectivity index (χ1) is 31.9. The highest BCUT2D eigenvalue weighted by Gasteiger charge is 2.38. The molecule has 0 spiro atoms. The van der Waals surface area contributed by atoms with Gasteiger partial charge in [-0.25, -0.2) is 0 Å². The van der Waals surface area contributed by atoms with Crippen molar-refractivity contribution >= 4 is 66.4 Å². The summed E-state index contributed by atoms with van der Waals surface area (Å²) in [6.45, 7) is 16.3. The Morgan fingerprint density at radius 1 is 0.348 bits per heavy atom. The summed E-state index contributed by atoms with van der Waals surface area (Å²) in [5.74, 6) is 0. The molecule has 2 aliphatic heterocycles. The van der Waals surface area contributed by atoms with Gasteiger partial charge in [0.05, 0.1) is 22.7 Å². The lowest BCUT2D eigenvalue weighted by Crippen LogP contribution is -2.30. The summed E-state index contributed by atoms with van der Waals surface area (Å²) < 4.78 is 0. The third-order valence-corrected chi connectivity index (χ3v) is 15.0. The summed E-state index contributed by atoms with van der Waals surface area (Å²) in [6, 6.07) is 75.5. The third kappa shape index (κ3) is 5.94. The van der Waals surface area contributed by atoms with Gasteiger partial charge < -0.3 is 9.80 Å². The molecule has 12 rings (SSSR count). The van der Waals surface area contributed by atoms with E-state index >= 15 is 0 Å². The van der Waals surface area contributed by atoms with Crippen LogP contribution in [0.4, 0.5) is 34.1 Å². The molecular formula is C64H54N2. The van der Waals surface area contributed by atoms with Crippen LogP contribution in [0.15, 0.2) is 200 Å². The Labute approximate surface area is 389 Å². The van der Waals surface area contributed by atoms with Crippen molar-refractivity contribution in [2.24, 2.45) is 0 Å². The summed E-state index contributed by atoms with van der Waals surface area (Å²) in [5.41, 5.74) is 18.5. The van der Waals surface area contributed by atoms with Gasteiger partial charge in [0.2, 0.25) is 0 Å². The predicted octanol–water partition coefficient (Wildman–Crippen LogP) is 18.0. The Hall–Kier alpha value is -7.42. The Balaban J connectivity index is 1.21. The van der Waals surface area contributed by atoms with Gasteiger partial charge >= 0.3 is 0 Å². The van der Waals surface area contributed by atoms with Crippen LogP contribution in [0.3, 0.4) is 0 Å². The summed E-state index contributed by atoms with van der Waals surface area (Å²) in [7, 11) is 0. The number of hydrogen-bond donors (Lipinski definition) is 0. The molecule has 0 saturated heterocycles. The van der Waals surface area contributed by atoms with E-state index in [-0.39, 0.29) is 16.2 Å². The normalized spacial score (nSPS) is 14.8. The molecule has 10 aromatic rings. The van der Waals surface area contributed by atoms with Gasteiger partial charge in [-0.05, 0) is 136 Å². The van der Waals surface area contributed by atoms with Crippen LogP contribution in [0.1, 0.15) is 76.3 Å². The molecule has 0 amide bonds. The maximum Gasteiger partial charge on any atom is 0.0502 e. The quantitative estimate of drug-likeness (QED) is 0.163. The van der Waals surface area contributed by atoms with E-state index in [4.69, 9.17) is 0 Å². The number of benzene rings is 10. The van der Waals surface area contributed by atoms with Crippen LogP contribution in [0.2, 0.25) is 0 Å². The molecule has 66 heavy (non-hydrogen) atoms. The van der Waals surface area contributed by atoms with Crippen LogP contribution < -0.4 is 9.80 Å². The van der Waals surface area contributed by atoms with Crippen LogP contribution >= 0.6 is 0 Å². The van der Waals surface area contributed by atoms with Crippen LogP contribution in [0.5, 0.6) is 0 Å². The van der Waals surface area contributed by atoms with Crippen LogP contribution in [-0.4, -0.2) is 0 Å². The van der Waals surface area contributed by atoms with Crippen LogP contribution in [0, 0.1) is 0 Å². The average molecular weight is 851 g/mol. The molecule has 0 N–H and O–H groups in total. The number of anilines is 6. The second-order valence-corrected chi connectivity index (χ2v) is 20.6. The standard InChI is InChI=1S/C64H54N2/c1-62(2,3)43-33-31-42(32-34-43)60-48-37-35-45(66-58-29-16-12-25-54(58)64(6,7)55-26-13-17-30-59(55)66)40-51(48)61(47-22-18-20-41-19-8-9-21-46(41)47)49-38-36-44(39-50(49)60)65-56-27-14-10-23-52(56)63(4,5)53-24-11-15-28-57(53)65/h8-40H,1-7H3.